The van der Waals surface area contributed by atoms with Crippen molar-refractivity contribution in [1.29, 1.82) is 0 Å². The van der Waals surface area contributed by atoms with Gasteiger partial charge in [0.1, 0.15) is 0 Å². The van der Waals surface area contributed by atoms with Gasteiger partial charge in [0.15, 0.2) is 0 Å². The van der Waals surface area contributed by atoms with Crippen molar-refractivity contribution in [3.63, 3.8) is 0 Å². The standard InChI is InChI=1S/C9H21NO/c1-5-8(4)9(11,6-10)7(2)3/h7-8,11H,5-6,10H2,1-4H3. The fourth-order valence-electron chi connectivity index (χ4n) is 1.36. The molecule has 2 heteroatoms. The van der Waals surface area contributed by atoms with Crippen LogP contribution in [0.2, 0.25) is 0 Å². The van der Waals surface area contributed by atoms with Crippen LogP contribution >= 0.6 is 0 Å². The maximum absolute atomic E-state index is 10.0. The van der Waals surface area contributed by atoms with Crippen LogP contribution in [0, 0.1) is 11.8 Å². The van der Waals surface area contributed by atoms with Gasteiger partial charge < -0.3 is 10.8 Å². The van der Waals surface area contributed by atoms with Crippen molar-refractivity contribution in [1.82, 2.24) is 0 Å². The molecule has 0 bridgehead atoms. The summed E-state index contributed by atoms with van der Waals surface area (Å²) < 4.78 is 0. The van der Waals surface area contributed by atoms with E-state index in [1.165, 1.54) is 0 Å². The Kier molecular flexibility index (Phi) is 4.04. The van der Waals surface area contributed by atoms with Gasteiger partial charge in [-0.2, -0.15) is 0 Å². The van der Waals surface area contributed by atoms with Crippen LogP contribution in [0.15, 0.2) is 0 Å². The molecule has 2 atom stereocenters. The van der Waals surface area contributed by atoms with Crippen LogP contribution in [0.1, 0.15) is 34.1 Å². The predicted molar refractivity (Wildman–Crippen MR) is 48.3 cm³/mol. The number of hydrogen-bond acceptors (Lipinski definition) is 2. The van der Waals surface area contributed by atoms with Crippen LogP contribution in [-0.2, 0) is 0 Å². The monoisotopic (exact) mass is 159 g/mol. The Bertz CT molecular complexity index is 114. The molecule has 2 unspecified atom stereocenters. The van der Waals surface area contributed by atoms with Crippen LogP contribution in [-0.4, -0.2) is 17.3 Å². The molecule has 0 amide bonds. The van der Waals surface area contributed by atoms with Gasteiger partial charge in [-0.05, 0) is 11.8 Å². The first-order valence-electron chi connectivity index (χ1n) is 4.41. The SMILES string of the molecule is CCC(C)C(O)(CN)C(C)C. The van der Waals surface area contributed by atoms with Crippen molar-refractivity contribution in [3.05, 3.63) is 0 Å². The normalized spacial score (nSPS) is 19.9. The van der Waals surface area contributed by atoms with Gasteiger partial charge in [-0.3, -0.25) is 0 Å². The van der Waals surface area contributed by atoms with Crippen molar-refractivity contribution in [2.45, 2.75) is 39.7 Å². The Balaban J connectivity index is 4.32. The van der Waals surface area contributed by atoms with E-state index >= 15 is 0 Å². The second-order valence-electron chi connectivity index (χ2n) is 3.66. The van der Waals surface area contributed by atoms with Crippen molar-refractivity contribution >= 4 is 0 Å². The first kappa shape index (κ1) is 10.9. The van der Waals surface area contributed by atoms with Gasteiger partial charge in [0.2, 0.25) is 0 Å². The third-order valence-electron chi connectivity index (χ3n) is 2.79. The van der Waals surface area contributed by atoms with E-state index in [0.717, 1.165) is 6.42 Å². The number of nitrogens with two attached hydrogens (primary N) is 1. The molecule has 11 heavy (non-hydrogen) atoms. The maximum atomic E-state index is 10.0. The topological polar surface area (TPSA) is 46.2 Å². The summed E-state index contributed by atoms with van der Waals surface area (Å²) in [6, 6.07) is 0. The molecule has 0 aromatic carbocycles. The Morgan fingerprint density at radius 1 is 1.36 bits per heavy atom. The minimum Gasteiger partial charge on any atom is -0.388 e. The average Bonchev–Trinajstić information content (AvgIpc) is 2.01. The Morgan fingerprint density at radius 2 is 1.82 bits per heavy atom. The van der Waals surface area contributed by atoms with Crippen molar-refractivity contribution < 1.29 is 5.11 Å². The summed E-state index contributed by atoms with van der Waals surface area (Å²) in [4.78, 5) is 0. The average molecular weight is 159 g/mol. The van der Waals surface area contributed by atoms with Crippen molar-refractivity contribution in [2.24, 2.45) is 17.6 Å². The Morgan fingerprint density at radius 3 is 1.91 bits per heavy atom. The highest BCUT2D eigenvalue weighted by atomic mass is 16.3. The molecule has 0 aromatic rings. The highest BCUT2D eigenvalue weighted by Crippen LogP contribution is 2.27. The molecular weight excluding hydrogens is 138 g/mol. The van der Waals surface area contributed by atoms with Crippen molar-refractivity contribution in [2.75, 3.05) is 6.54 Å². The van der Waals surface area contributed by atoms with Crippen molar-refractivity contribution in [3.8, 4) is 0 Å². The summed E-state index contributed by atoms with van der Waals surface area (Å²) in [5, 5.41) is 10.0. The molecule has 0 spiro atoms. The van der Waals surface area contributed by atoms with E-state index in [2.05, 4.69) is 6.92 Å². The summed E-state index contributed by atoms with van der Waals surface area (Å²) in [6.45, 7) is 8.51. The number of rotatable bonds is 4. The van der Waals surface area contributed by atoms with E-state index in [1.807, 2.05) is 20.8 Å². The largest absolute Gasteiger partial charge is 0.388 e. The first-order chi connectivity index (χ1) is 4.99. The van der Waals surface area contributed by atoms with E-state index in [0.29, 0.717) is 6.54 Å². The number of hydrogen-bond donors (Lipinski definition) is 2. The lowest BCUT2D eigenvalue weighted by atomic mass is 9.78. The molecule has 0 heterocycles. The van der Waals surface area contributed by atoms with E-state index in [9.17, 15) is 5.11 Å². The maximum Gasteiger partial charge on any atom is 0.0817 e. The fraction of sp³-hybridized carbons (Fsp3) is 1.00. The highest BCUT2D eigenvalue weighted by Gasteiger charge is 2.34. The lowest BCUT2D eigenvalue weighted by Gasteiger charge is -2.36. The van der Waals surface area contributed by atoms with Gasteiger partial charge in [-0.15, -0.1) is 0 Å². The molecular formula is C9H21NO. The van der Waals surface area contributed by atoms with Crippen LogP contribution < -0.4 is 5.73 Å². The van der Waals surface area contributed by atoms with Gasteiger partial charge in [0, 0.05) is 6.54 Å². The lowest BCUT2D eigenvalue weighted by Crippen LogP contribution is -2.48. The first-order valence-corrected chi connectivity index (χ1v) is 4.41. The van der Waals surface area contributed by atoms with Gasteiger partial charge in [0.05, 0.1) is 5.60 Å². The van der Waals surface area contributed by atoms with Crippen LogP contribution in [0.25, 0.3) is 0 Å². The lowest BCUT2D eigenvalue weighted by molar-refractivity contribution is -0.0454. The molecule has 0 fully saturated rings. The summed E-state index contributed by atoms with van der Waals surface area (Å²) >= 11 is 0. The molecule has 0 radical (unpaired) electrons. The predicted octanol–water partition coefficient (Wildman–Crippen LogP) is 1.38. The van der Waals surface area contributed by atoms with Crippen LogP contribution in [0.3, 0.4) is 0 Å². The molecule has 0 rings (SSSR count). The zero-order chi connectivity index (χ0) is 9.07. The third kappa shape index (κ3) is 2.17. The van der Waals surface area contributed by atoms with E-state index < -0.39 is 5.60 Å². The third-order valence-corrected chi connectivity index (χ3v) is 2.79. The summed E-state index contributed by atoms with van der Waals surface area (Å²) in [7, 11) is 0. The van der Waals surface area contributed by atoms with Gasteiger partial charge in [-0.25, -0.2) is 0 Å². The van der Waals surface area contributed by atoms with Gasteiger partial charge in [-0.1, -0.05) is 34.1 Å². The summed E-state index contributed by atoms with van der Waals surface area (Å²) in [5.41, 5.74) is 4.86. The molecule has 0 aliphatic heterocycles. The molecule has 68 valence electrons. The van der Waals surface area contributed by atoms with Gasteiger partial charge >= 0.3 is 0 Å². The second-order valence-corrected chi connectivity index (χ2v) is 3.66. The molecule has 0 aromatic heterocycles. The minimum absolute atomic E-state index is 0.238. The minimum atomic E-state index is -0.672. The summed E-state index contributed by atoms with van der Waals surface area (Å²) in [6.07, 6.45) is 0.978. The smallest absolute Gasteiger partial charge is 0.0817 e. The molecule has 2 nitrogen and oxygen atoms in total. The molecule has 0 aliphatic carbocycles. The van der Waals surface area contributed by atoms with Crippen LogP contribution in [0.5, 0.6) is 0 Å². The molecule has 0 saturated heterocycles. The quantitative estimate of drug-likeness (QED) is 0.651. The molecule has 3 N–H and O–H groups in total. The summed E-state index contributed by atoms with van der Waals surface area (Å²) in [5.74, 6) is 0.523. The Labute approximate surface area is 69.8 Å². The molecule has 0 saturated carbocycles. The van der Waals surface area contributed by atoms with E-state index in [1.54, 1.807) is 0 Å². The van der Waals surface area contributed by atoms with Crippen LogP contribution in [0.4, 0.5) is 0 Å². The fourth-order valence-corrected chi connectivity index (χ4v) is 1.36. The van der Waals surface area contributed by atoms with Gasteiger partial charge in [0.25, 0.3) is 0 Å². The van der Waals surface area contributed by atoms with E-state index in [-0.39, 0.29) is 11.8 Å². The highest BCUT2D eigenvalue weighted by molar-refractivity contribution is 4.87. The van der Waals surface area contributed by atoms with E-state index in [4.69, 9.17) is 5.73 Å². The Hall–Kier alpha value is -0.0800. The zero-order valence-corrected chi connectivity index (χ0v) is 8.09. The second kappa shape index (κ2) is 4.07. The zero-order valence-electron chi connectivity index (χ0n) is 8.09. The number of aliphatic hydroxyl groups is 1. The molecule has 0 aliphatic rings.